The van der Waals surface area contributed by atoms with E-state index in [4.69, 9.17) is 14.9 Å². The van der Waals surface area contributed by atoms with Crippen molar-refractivity contribution < 1.29 is 19.9 Å². The number of hydrogen-bond acceptors (Lipinski definition) is 5. The van der Waals surface area contributed by atoms with Gasteiger partial charge in [0.15, 0.2) is 0 Å². The number of rotatable bonds is 6. The van der Waals surface area contributed by atoms with Crippen LogP contribution in [0.5, 0.6) is 0 Å². The maximum Gasteiger partial charge on any atom is 0.269 e. The Hall–Kier alpha value is -1.50. The molecule has 0 aromatic heterocycles. The van der Waals surface area contributed by atoms with Gasteiger partial charge in [-0.25, -0.2) is 0 Å². The van der Waals surface area contributed by atoms with Gasteiger partial charge in [-0.15, -0.1) is 0 Å². The Morgan fingerprint density at radius 3 is 2.50 bits per heavy atom. The highest BCUT2D eigenvalue weighted by Gasteiger charge is 2.05. The van der Waals surface area contributed by atoms with Gasteiger partial charge >= 0.3 is 0 Å². The van der Waals surface area contributed by atoms with Crippen molar-refractivity contribution in [3.05, 3.63) is 39.9 Å². The SMILES string of the molecule is O=[N+]([O-])c1ccc(COCC(O)CO)cc1. The minimum Gasteiger partial charge on any atom is -0.394 e. The number of nitro groups is 1. The van der Waals surface area contributed by atoms with Crippen LogP contribution < -0.4 is 0 Å². The van der Waals surface area contributed by atoms with Gasteiger partial charge in [0, 0.05) is 12.1 Å². The van der Waals surface area contributed by atoms with Gasteiger partial charge in [0.25, 0.3) is 5.69 Å². The largest absolute Gasteiger partial charge is 0.394 e. The summed E-state index contributed by atoms with van der Waals surface area (Å²) in [6, 6.07) is 5.95. The highest BCUT2D eigenvalue weighted by Crippen LogP contribution is 2.12. The number of benzene rings is 1. The maximum atomic E-state index is 10.4. The van der Waals surface area contributed by atoms with Crippen LogP contribution in [0.3, 0.4) is 0 Å². The Labute approximate surface area is 92.2 Å². The van der Waals surface area contributed by atoms with Gasteiger partial charge in [0.1, 0.15) is 6.10 Å². The van der Waals surface area contributed by atoms with E-state index in [1.165, 1.54) is 12.1 Å². The molecule has 1 aromatic carbocycles. The molecule has 0 spiro atoms. The third-order valence-electron chi connectivity index (χ3n) is 1.94. The zero-order chi connectivity index (χ0) is 12.0. The van der Waals surface area contributed by atoms with Crippen molar-refractivity contribution in [2.24, 2.45) is 0 Å². The molecule has 1 unspecified atom stereocenters. The van der Waals surface area contributed by atoms with Crippen molar-refractivity contribution in [3.63, 3.8) is 0 Å². The second kappa shape index (κ2) is 6.16. The Kier molecular flexibility index (Phi) is 4.84. The lowest BCUT2D eigenvalue weighted by atomic mass is 10.2. The number of ether oxygens (including phenoxy) is 1. The zero-order valence-electron chi connectivity index (χ0n) is 8.57. The molecule has 0 aliphatic rings. The van der Waals surface area contributed by atoms with E-state index >= 15 is 0 Å². The Morgan fingerprint density at radius 1 is 1.38 bits per heavy atom. The minimum absolute atomic E-state index is 0.0270. The normalized spacial score (nSPS) is 12.4. The number of nitro benzene ring substituents is 1. The van der Waals surface area contributed by atoms with E-state index in [0.717, 1.165) is 5.56 Å². The van der Waals surface area contributed by atoms with Crippen molar-refractivity contribution in [1.82, 2.24) is 0 Å². The summed E-state index contributed by atoms with van der Waals surface area (Å²) in [6.45, 7) is -0.0667. The summed E-state index contributed by atoms with van der Waals surface area (Å²) in [5, 5.41) is 27.9. The fourth-order valence-electron chi connectivity index (χ4n) is 1.08. The predicted octanol–water partition coefficient (Wildman–Crippen LogP) is 0.465. The molecular formula is C10H13NO5. The first-order valence-electron chi connectivity index (χ1n) is 4.73. The molecule has 6 heteroatoms. The van der Waals surface area contributed by atoms with Crippen molar-refractivity contribution in [3.8, 4) is 0 Å². The number of non-ortho nitro benzene ring substituents is 1. The van der Waals surface area contributed by atoms with Crippen molar-refractivity contribution >= 4 is 5.69 Å². The number of nitrogens with zero attached hydrogens (tertiary/aromatic N) is 1. The van der Waals surface area contributed by atoms with E-state index < -0.39 is 11.0 Å². The topological polar surface area (TPSA) is 92.8 Å². The summed E-state index contributed by atoms with van der Waals surface area (Å²) in [5.41, 5.74) is 0.801. The molecule has 0 aliphatic heterocycles. The summed E-state index contributed by atoms with van der Waals surface area (Å²) in [5.74, 6) is 0. The Morgan fingerprint density at radius 2 is 2.00 bits per heavy atom. The van der Waals surface area contributed by atoms with Crippen molar-refractivity contribution in [2.75, 3.05) is 13.2 Å². The monoisotopic (exact) mass is 227 g/mol. The zero-order valence-corrected chi connectivity index (χ0v) is 8.57. The maximum absolute atomic E-state index is 10.4. The Balaban J connectivity index is 2.40. The molecule has 0 saturated carbocycles. The van der Waals surface area contributed by atoms with Crippen LogP contribution in [0, 0.1) is 10.1 Å². The van der Waals surface area contributed by atoms with Gasteiger partial charge < -0.3 is 14.9 Å². The van der Waals surface area contributed by atoms with Crippen LogP contribution in [0.4, 0.5) is 5.69 Å². The molecule has 0 bridgehead atoms. The number of hydrogen-bond donors (Lipinski definition) is 2. The highest BCUT2D eigenvalue weighted by molar-refractivity contribution is 5.32. The van der Waals surface area contributed by atoms with Crippen LogP contribution in [0.15, 0.2) is 24.3 Å². The third-order valence-corrected chi connectivity index (χ3v) is 1.94. The smallest absolute Gasteiger partial charge is 0.269 e. The fraction of sp³-hybridized carbons (Fsp3) is 0.400. The van der Waals surface area contributed by atoms with Gasteiger partial charge in [-0.3, -0.25) is 10.1 Å². The highest BCUT2D eigenvalue weighted by atomic mass is 16.6. The first-order valence-corrected chi connectivity index (χ1v) is 4.73. The van der Waals surface area contributed by atoms with Gasteiger partial charge in [-0.05, 0) is 17.7 Å². The molecule has 88 valence electrons. The molecule has 1 aromatic rings. The van der Waals surface area contributed by atoms with Gasteiger partial charge in [0.05, 0.1) is 24.7 Å². The molecule has 0 heterocycles. The van der Waals surface area contributed by atoms with Crippen LogP contribution >= 0.6 is 0 Å². The number of aliphatic hydroxyl groups is 2. The number of aliphatic hydroxyl groups excluding tert-OH is 2. The predicted molar refractivity (Wildman–Crippen MR) is 55.8 cm³/mol. The van der Waals surface area contributed by atoms with E-state index in [1.54, 1.807) is 12.1 Å². The Bertz CT molecular complexity index is 338. The van der Waals surface area contributed by atoms with E-state index in [-0.39, 0.29) is 25.5 Å². The summed E-state index contributed by atoms with van der Waals surface area (Å²) < 4.78 is 5.09. The van der Waals surface area contributed by atoms with Crippen LogP contribution in [0.2, 0.25) is 0 Å². The fourth-order valence-corrected chi connectivity index (χ4v) is 1.08. The van der Waals surface area contributed by atoms with E-state index in [9.17, 15) is 10.1 Å². The summed E-state index contributed by atoms with van der Waals surface area (Å²) in [4.78, 5) is 9.90. The third kappa shape index (κ3) is 3.93. The lowest BCUT2D eigenvalue weighted by Gasteiger charge is -2.07. The van der Waals surface area contributed by atoms with Crippen LogP contribution in [-0.4, -0.2) is 34.5 Å². The van der Waals surface area contributed by atoms with E-state index in [2.05, 4.69) is 0 Å². The molecule has 1 atom stereocenters. The molecule has 0 amide bonds. The second-order valence-electron chi connectivity index (χ2n) is 3.28. The van der Waals surface area contributed by atoms with Crippen molar-refractivity contribution in [2.45, 2.75) is 12.7 Å². The minimum atomic E-state index is -0.891. The summed E-state index contributed by atoms with van der Waals surface area (Å²) in [7, 11) is 0. The van der Waals surface area contributed by atoms with Crippen LogP contribution in [0.25, 0.3) is 0 Å². The lowest BCUT2D eigenvalue weighted by Crippen LogP contribution is -2.19. The van der Waals surface area contributed by atoms with Gasteiger partial charge in [0.2, 0.25) is 0 Å². The standard InChI is InChI=1S/C10H13NO5/c12-5-10(13)7-16-6-8-1-3-9(4-2-8)11(14)15/h1-4,10,12-13H,5-7H2. The first-order chi connectivity index (χ1) is 7.63. The quantitative estimate of drug-likeness (QED) is 0.544. The molecule has 1 rings (SSSR count). The average molecular weight is 227 g/mol. The van der Waals surface area contributed by atoms with Crippen LogP contribution in [0.1, 0.15) is 5.56 Å². The van der Waals surface area contributed by atoms with Crippen LogP contribution in [-0.2, 0) is 11.3 Å². The molecule has 0 fully saturated rings. The molecule has 0 radical (unpaired) electrons. The average Bonchev–Trinajstić information content (AvgIpc) is 2.29. The molecular weight excluding hydrogens is 214 g/mol. The first kappa shape index (κ1) is 12.6. The lowest BCUT2D eigenvalue weighted by molar-refractivity contribution is -0.384. The molecule has 0 aliphatic carbocycles. The summed E-state index contributed by atoms with van der Waals surface area (Å²) >= 11 is 0. The summed E-state index contributed by atoms with van der Waals surface area (Å²) in [6.07, 6.45) is -0.891. The molecule has 6 nitrogen and oxygen atoms in total. The molecule has 2 N–H and O–H groups in total. The van der Waals surface area contributed by atoms with E-state index in [0.29, 0.717) is 0 Å². The van der Waals surface area contributed by atoms with Crippen molar-refractivity contribution in [1.29, 1.82) is 0 Å². The van der Waals surface area contributed by atoms with E-state index in [1.807, 2.05) is 0 Å². The molecule has 0 saturated heterocycles. The molecule has 16 heavy (non-hydrogen) atoms. The second-order valence-corrected chi connectivity index (χ2v) is 3.28. The van der Waals surface area contributed by atoms with Gasteiger partial charge in [-0.2, -0.15) is 0 Å². The van der Waals surface area contributed by atoms with Gasteiger partial charge in [-0.1, -0.05) is 0 Å².